The van der Waals surface area contributed by atoms with Crippen molar-refractivity contribution in [2.24, 2.45) is 7.05 Å². The van der Waals surface area contributed by atoms with E-state index in [-0.39, 0.29) is 6.10 Å². The third-order valence-electron chi connectivity index (χ3n) is 3.34. The fourth-order valence-corrected chi connectivity index (χ4v) is 3.03. The van der Waals surface area contributed by atoms with Crippen LogP contribution in [0, 0.1) is 6.92 Å². The number of aryl methyl sites for hydroxylation is 2. The summed E-state index contributed by atoms with van der Waals surface area (Å²) in [6, 6.07) is 0. The second kappa shape index (κ2) is 5.40. The van der Waals surface area contributed by atoms with Gasteiger partial charge in [0, 0.05) is 38.3 Å². The number of thiazole rings is 1. The number of ether oxygens (including phenoxy) is 1. The Morgan fingerprint density at radius 2 is 2.42 bits per heavy atom. The summed E-state index contributed by atoms with van der Waals surface area (Å²) in [6.07, 6.45) is 2.10. The number of aromatic nitrogens is 3. The first kappa shape index (κ1) is 12.8. The maximum Gasteiger partial charge on any atom is 0.139 e. The predicted molar refractivity (Wildman–Crippen MR) is 74.0 cm³/mol. The van der Waals surface area contributed by atoms with Crippen LogP contribution in [0.25, 0.3) is 0 Å². The Balaban J connectivity index is 1.69. The van der Waals surface area contributed by atoms with E-state index in [1.54, 1.807) is 11.3 Å². The van der Waals surface area contributed by atoms with Gasteiger partial charge in [0.2, 0.25) is 0 Å². The lowest BCUT2D eigenvalue weighted by Crippen LogP contribution is -2.38. The minimum Gasteiger partial charge on any atom is -0.368 e. The summed E-state index contributed by atoms with van der Waals surface area (Å²) >= 11 is 1.65. The van der Waals surface area contributed by atoms with E-state index < -0.39 is 0 Å². The van der Waals surface area contributed by atoms with Crippen LogP contribution in [0.3, 0.4) is 0 Å². The highest BCUT2D eigenvalue weighted by Gasteiger charge is 2.25. The van der Waals surface area contributed by atoms with Gasteiger partial charge in [-0.2, -0.15) is 0 Å². The summed E-state index contributed by atoms with van der Waals surface area (Å²) in [5, 5.41) is 2.11. The second-order valence-electron chi connectivity index (χ2n) is 4.93. The smallest absolute Gasteiger partial charge is 0.139 e. The van der Waals surface area contributed by atoms with Gasteiger partial charge in [0.25, 0.3) is 0 Å². The quantitative estimate of drug-likeness (QED) is 0.858. The molecule has 2 aromatic heterocycles. The summed E-state index contributed by atoms with van der Waals surface area (Å²) in [4.78, 5) is 11.3. The molecular weight excluding hydrogens is 260 g/mol. The Labute approximate surface area is 116 Å². The molecule has 1 aliphatic heterocycles. The van der Waals surface area contributed by atoms with Gasteiger partial charge in [0.05, 0.1) is 23.5 Å². The standard InChI is InChI=1S/C13H18N4OS/c1-10-5-16(2)13(15-10)12-7-17(3-4-18-12)6-11-8-19-9-14-11/h5,8-9,12H,3-4,6-7H2,1-2H3/t12-/m1/s1. The molecule has 0 radical (unpaired) electrons. The summed E-state index contributed by atoms with van der Waals surface area (Å²) in [5.41, 5.74) is 4.06. The second-order valence-corrected chi connectivity index (χ2v) is 5.64. The molecule has 1 saturated heterocycles. The van der Waals surface area contributed by atoms with Crippen LogP contribution in [-0.4, -0.2) is 39.1 Å². The topological polar surface area (TPSA) is 43.2 Å². The number of rotatable bonds is 3. The maximum absolute atomic E-state index is 5.86. The molecule has 6 heteroatoms. The van der Waals surface area contributed by atoms with Gasteiger partial charge in [-0.05, 0) is 6.92 Å². The van der Waals surface area contributed by atoms with Crippen molar-refractivity contribution in [3.8, 4) is 0 Å². The molecule has 3 rings (SSSR count). The zero-order valence-electron chi connectivity index (χ0n) is 11.2. The van der Waals surface area contributed by atoms with Crippen LogP contribution in [0.15, 0.2) is 17.1 Å². The molecule has 1 atom stereocenters. The monoisotopic (exact) mass is 278 g/mol. The highest BCUT2D eigenvalue weighted by Crippen LogP contribution is 2.22. The lowest BCUT2D eigenvalue weighted by molar-refractivity contribution is -0.0387. The van der Waals surface area contributed by atoms with Crippen molar-refractivity contribution in [1.82, 2.24) is 19.4 Å². The minimum absolute atomic E-state index is 0.0612. The lowest BCUT2D eigenvalue weighted by Gasteiger charge is -2.32. The van der Waals surface area contributed by atoms with Crippen LogP contribution in [0.2, 0.25) is 0 Å². The maximum atomic E-state index is 5.86. The fourth-order valence-electron chi connectivity index (χ4n) is 2.48. The molecule has 0 N–H and O–H groups in total. The molecule has 0 bridgehead atoms. The first-order chi connectivity index (χ1) is 9.22. The average molecular weight is 278 g/mol. The molecule has 5 nitrogen and oxygen atoms in total. The molecule has 0 amide bonds. The number of nitrogens with zero attached hydrogens (tertiary/aromatic N) is 4. The van der Waals surface area contributed by atoms with Crippen molar-refractivity contribution < 1.29 is 4.74 Å². The molecular formula is C13H18N4OS. The molecule has 0 unspecified atom stereocenters. The van der Waals surface area contributed by atoms with Crippen molar-refractivity contribution >= 4 is 11.3 Å². The first-order valence-electron chi connectivity index (χ1n) is 6.43. The molecule has 102 valence electrons. The Morgan fingerprint density at radius 3 is 3.11 bits per heavy atom. The van der Waals surface area contributed by atoms with Crippen LogP contribution < -0.4 is 0 Å². The average Bonchev–Trinajstić information content (AvgIpc) is 2.99. The largest absolute Gasteiger partial charge is 0.368 e. The number of imidazole rings is 1. The van der Waals surface area contributed by atoms with Gasteiger partial charge in [-0.25, -0.2) is 9.97 Å². The van der Waals surface area contributed by atoms with E-state index in [1.165, 1.54) is 0 Å². The number of morpholine rings is 1. The van der Waals surface area contributed by atoms with E-state index in [2.05, 4.69) is 24.8 Å². The van der Waals surface area contributed by atoms with Crippen molar-refractivity contribution in [2.45, 2.75) is 19.6 Å². The SMILES string of the molecule is Cc1cn(C)c([C@H]2CN(Cc3cscn3)CCO2)n1. The molecule has 19 heavy (non-hydrogen) atoms. The Bertz CT molecular complexity index is 537. The van der Waals surface area contributed by atoms with Crippen molar-refractivity contribution in [3.63, 3.8) is 0 Å². The molecule has 3 heterocycles. The summed E-state index contributed by atoms with van der Waals surface area (Å²) in [6.45, 7) is 5.49. The fraction of sp³-hybridized carbons (Fsp3) is 0.538. The van der Waals surface area contributed by atoms with Gasteiger partial charge >= 0.3 is 0 Å². The molecule has 0 saturated carbocycles. The normalized spacial score (nSPS) is 20.8. The lowest BCUT2D eigenvalue weighted by atomic mass is 10.2. The van der Waals surface area contributed by atoms with E-state index in [0.29, 0.717) is 0 Å². The molecule has 1 fully saturated rings. The van der Waals surface area contributed by atoms with Crippen molar-refractivity contribution in [1.29, 1.82) is 0 Å². The summed E-state index contributed by atoms with van der Waals surface area (Å²) in [5.74, 6) is 1.01. The Morgan fingerprint density at radius 1 is 1.53 bits per heavy atom. The molecule has 2 aromatic rings. The molecule has 0 spiro atoms. The third-order valence-corrected chi connectivity index (χ3v) is 3.98. The molecule has 0 aromatic carbocycles. The van der Waals surface area contributed by atoms with Gasteiger partial charge in [0.1, 0.15) is 11.9 Å². The zero-order valence-corrected chi connectivity index (χ0v) is 12.1. The number of hydrogen-bond acceptors (Lipinski definition) is 5. The predicted octanol–water partition coefficient (Wildman–Crippen LogP) is 1.76. The highest BCUT2D eigenvalue weighted by molar-refractivity contribution is 7.07. The van der Waals surface area contributed by atoms with Gasteiger partial charge in [0.15, 0.2) is 0 Å². The van der Waals surface area contributed by atoms with E-state index in [9.17, 15) is 0 Å². The van der Waals surface area contributed by atoms with Crippen molar-refractivity contribution in [2.75, 3.05) is 19.7 Å². The van der Waals surface area contributed by atoms with Crippen LogP contribution in [0.1, 0.15) is 23.3 Å². The third kappa shape index (κ3) is 2.86. The Hall–Kier alpha value is -1.24. The minimum atomic E-state index is 0.0612. The van der Waals surface area contributed by atoms with Crippen LogP contribution in [0.4, 0.5) is 0 Å². The van der Waals surface area contributed by atoms with Gasteiger partial charge in [-0.15, -0.1) is 11.3 Å². The summed E-state index contributed by atoms with van der Waals surface area (Å²) < 4.78 is 7.93. The van der Waals surface area contributed by atoms with Gasteiger partial charge < -0.3 is 9.30 Å². The zero-order chi connectivity index (χ0) is 13.2. The highest BCUT2D eigenvalue weighted by atomic mass is 32.1. The van der Waals surface area contributed by atoms with Crippen LogP contribution >= 0.6 is 11.3 Å². The van der Waals surface area contributed by atoms with E-state index in [1.807, 2.05) is 25.7 Å². The van der Waals surface area contributed by atoms with E-state index >= 15 is 0 Å². The van der Waals surface area contributed by atoms with E-state index in [4.69, 9.17) is 4.74 Å². The molecule has 0 aliphatic carbocycles. The van der Waals surface area contributed by atoms with Gasteiger partial charge in [-0.1, -0.05) is 0 Å². The number of hydrogen-bond donors (Lipinski definition) is 0. The molecule has 1 aliphatic rings. The van der Waals surface area contributed by atoms with Gasteiger partial charge in [-0.3, -0.25) is 4.90 Å². The van der Waals surface area contributed by atoms with Crippen LogP contribution in [-0.2, 0) is 18.3 Å². The van der Waals surface area contributed by atoms with Crippen molar-refractivity contribution in [3.05, 3.63) is 34.3 Å². The van der Waals surface area contributed by atoms with E-state index in [0.717, 1.165) is 43.5 Å². The van der Waals surface area contributed by atoms with Crippen LogP contribution in [0.5, 0.6) is 0 Å². The summed E-state index contributed by atoms with van der Waals surface area (Å²) in [7, 11) is 2.03. The first-order valence-corrected chi connectivity index (χ1v) is 7.37. The Kier molecular flexibility index (Phi) is 3.63.